The Kier molecular flexibility index (Phi) is 2.13. The van der Waals surface area contributed by atoms with Crippen LogP contribution >= 0.6 is 0 Å². The maximum Gasteiger partial charge on any atom is 0.303 e. The molecule has 0 radical (unpaired) electrons. The second kappa shape index (κ2) is 3.55. The topological polar surface area (TPSA) is 80.9 Å². The fourth-order valence-corrected chi connectivity index (χ4v) is 5.55. The molecule has 0 spiro atoms. The summed E-state index contributed by atoms with van der Waals surface area (Å²) in [6.45, 7) is 0. The van der Waals surface area contributed by atoms with Gasteiger partial charge in [-0.3, -0.25) is 4.79 Å². The van der Waals surface area contributed by atoms with Crippen molar-refractivity contribution in [1.82, 2.24) is 20.2 Å². The summed E-state index contributed by atoms with van der Waals surface area (Å²) in [6.07, 6.45) is 8.31. The van der Waals surface area contributed by atoms with Gasteiger partial charge in [0.05, 0.1) is 12.0 Å². The van der Waals surface area contributed by atoms with E-state index in [0.29, 0.717) is 18.3 Å². The molecule has 5 rings (SSSR count). The van der Waals surface area contributed by atoms with Gasteiger partial charge in [0.1, 0.15) is 0 Å². The van der Waals surface area contributed by atoms with Gasteiger partial charge in [-0.1, -0.05) is 0 Å². The summed E-state index contributed by atoms with van der Waals surface area (Å²) in [5.41, 5.74) is -0.0838. The average Bonchev–Trinajstić information content (AvgIpc) is 2.78. The van der Waals surface area contributed by atoms with Crippen molar-refractivity contribution in [3.8, 4) is 0 Å². The van der Waals surface area contributed by atoms with Crippen LogP contribution in [0, 0.1) is 17.3 Å². The van der Waals surface area contributed by atoms with Crippen LogP contribution in [0.15, 0.2) is 6.33 Å². The minimum absolute atomic E-state index is 0.0243. The zero-order valence-electron chi connectivity index (χ0n) is 10.8. The third-order valence-corrected chi connectivity index (χ3v) is 5.45. The van der Waals surface area contributed by atoms with E-state index < -0.39 is 5.97 Å². The zero-order chi connectivity index (χ0) is 13.1. The molecule has 4 fully saturated rings. The van der Waals surface area contributed by atoms with Crippen molar-refractivity contribution in [3.05, 3.63) is 6.33 Å². The van der Waals surface area contributed by atoms with Crippen LogP contribution in [-0.4, -0.2) is 31.3 Å². The van der Waals surface area contributed by atoms with Crippen LogP contribution in [0.2, 0.25) is 0 Å². The first kappa shape index (κ1) is 11.4. The van der Waals surface area contributed by atoms with Crippen LogP contribution in [0.1, 0.15) is 44.9 Å². The van der Waals surface area contributed by atoms with Crippen LogP contribution in [0.25, 0.3) is 0 Å². The Labute approximate surface area is 111 Å². The lowest BCUT2D eigenvalue weighted by Crippen LogP contribution is -2.57. The van der Waals surface area contributed by atoms with Gasteiger partial charge >= 0.3 is 5.97 Å². The fourth-order valence-electron chi connectivity index (χ4n) is 5.55. The number of nitrogens with zero attached hydrogens (tertiary/aromatic N) is 4. The number of hydrogen-bond donors (Lipinski definition) is 1. The average molecular weight is 262 g/mol. The molecule has 1 N–H and O–H groups in total. The van der Waals surface area contributed by atoms with Crippen LogP contribution in [0.4, 0.5) is 0 Å². The van der Waals surface area contributed by atoms with E-state index in [9.17, 15) is 9.90 Å². The highest BCUT2D eigenvalue weighted by atomic mass is 16.4. The van der Waals surface area contributed by atoms with Crippen molar-refractivity contribution >= 4 is 5.97 Å². The van der Waals surface area contributed by atoms with Gasteiger partial charge in [0.15, 0.2) is 6.33 Å². The van der Waals surface area contributed by atoms with Gasteiger partial charge in [-0.15, -0.1) is 10.2 Å². The number of carbonyl (C=O) groups is 1. The molecule has 2 atom stereocenters. The minimum atomic E-state index is -0.663. The van der Waals surface area contributed by atoms with Gasteiger partial charge in [0.25, 0.3) is 0 Å². The highest BCUT2D eigenvalue weighted by molar-refractivity contribution is 5.67. The predicted octanol–water partition coefficient (Wildman–Crippen LogP) is 1.44. The van der Waals surface area contributed by atoms with Crippen LogP contribution in [0.5, 0.6) is 0 Å². The number of hydrogen-bond acceptors (Lipinski definition) is 4. The van der Waals surface area contributed by atoms with Crippen molar-refractivity contribution in [2.75, 3.05) is 0 Å². The van der Waals surface area contributed by atoms with E-state index in [1.54, 1.807) is 4.80 Å². The molecule has 2 unspecified atom stereocenters. The summed E-state index contributed by atoms with van der Waals surface area (Å²) in [6, 6.07) is 0. The van der Waals surface area contributed by atoms with Crippen molar-refractivity contribution in [2.45, 2.75) is 50.5 Å². The number of aromatic nitrogens is 4. The standard InChI is InChI=1S/C13H18N4O2/c18-11(19)6-12-2-9-1-10(3-12)5-13(4-9,7-12)17-15-8-14-16-17/h8-10H,1-7H2,(H,18,19). The quantitative estimate of drug-likeness (QED) is 0.891. The Morgan fingerprint density at radius 3 is 2.63 bits per heavy atom. The number of rotatable bonds is 3. The molecule has 1 aromatic rings. The lowest BCUT2D eigenvalue weighted by Gasteiger charge is -2.61. The first-order chi connectivity index (χ1) is 9.09. The maximum atomic E-state index is 11.2. The summed E-state index contributed by atoms with van der Waals surface area (Å²) in [4.78, 5) is 13.0. The molecule has 6 heteroatoms. The smallest absolute Gasteiger partial charge is 0.303 e. The second-order valence-electron chi connectivity index (χ2n) is 6.98. The normalized spacial score (nSPS) is 43.6. The van der Waals surface area contributed by atoms with Gasteiger partial charge in [-0.2, -0.15) is 4.80 Å². The van der Waals surface area contributed by atoms with E-state index in [-0.39, 0.29) is 11.0 Å². The summed E-state index contributed by atoms with van der Waals surface area (Å²) >= 11 is 0. The molecule has 4 aliphatic rings. The molecule has 4 bridgehead atoms. The predicted molar refractivity (Wildman–Crippen MR) is 65.2 cm³/mol. The first-order valence-electron chi connectivity index (χ1n) is 7.05. The lowest BCUT2D eigenvalue weighted by molar-refractivity contribution is -0.152. The van der Waals surface area contributed by atoms with Crippen molar-refractivity contribution < 1.29 is 9.90 Å². The summed E-state index contributed by atoms with van der Waals surface area (Å²) in [5.74, 6) is 0.627. The molecule has 0 aliphatic heterocycles. The summed E-state index contributed by atoms with van der Waals surface area (Å²) in [7, 11) is 0. The minimum Gasteiger partial charge on any atom is -0.481 e. The monoisotopic (exact) mass is 262 g/mol. The van der Waals surface area contributed by atoms with Gasteiger partial charge in [-0.25, -0.2) is 0 Å². The van der Waals surface area contributed by atoms with Crippen LogP contribution < -0.4 is 0 Å². The number of tetrazole rings is 1. The summed E-state index contributed by atoms with van der Waals surface area (Å²) < 4.78 is 0. The van der Waals surface area contributed by atoms with E-state index >= 15 is 0 Å². The molecule has 102 valence electrons. The molecule has 1 aromatic heterocycles. The van der Waals surface area contributed by atoms with E-state index in [1.165, 1.54) is 12.7 Å². The summed E-state index contributed by atoms with van der Waals surface area (Å²) in [5, 5.41) is 21.5. The molecule has 1 heterocycles. The largest absolute Gasteiger partial charge is 0.481 e. The molecule has 6 nitrogen and oxygen atoms in total. The van der Waals surface area contributed by atoms with E-state index in [2.05, 4.69) is 15.4 Å². The Bertz CT molecular complexity index is 499. The highest BCUT2D eigenvalue weighted by Crippen LogP contribution is 2.64. The third-order valence-electron chi connectivity index (χ3n) is 5.45. The molecule has 4 saturated carbocycles. The van der Waals surface area contributed by atoms with Gasteiger partial charge in [0.2, 0.25) is 0 Å². The maximum absolute atomic E-state index is 11.2. The van der Waals surface area contributed by atoms with Gasteiger partial charge < -0.3 is 5.11 Å². The molecule has 0 aromatic carbocycles. The van der Waals surface area contributed by atoms with Crippen LogP contribution in [-0.2, 0) is 10.3 Å². The molecule has 19 heavy (non-hydrogen) atoms. The molecule has 4 aliphatic carbocycles. The Morgan fingerprint density at radius 2 is 2.05 bits per heavy atom. The Morgan fingerprint density at radius 1 is 1.32 bits per heavy atom. The Balaban J connectivity index is 1.74. The van der Waals surface area contributed by atoms with Crippen molar-refractivity contribution in [1.29, 1.82) is 0 Å². The molecule has 0 saturated heterocycles. The second-order valence-corrected chi connectivity index (χ2v) is 6.98. The van der Waals surface area contributed by atoms with E-state index in [1.807, 2.05) is 0 Å². The van der Waals surface area contributed by atoms with Crippen molar-refractivity contribution in [2.24, 2.45) is 17.3 Å². The first-order valence-corrected chi connectivity index (χ1v) is 7.05. The van der Waals surface area contributed by atoms with E-state index in [4.69, 9.17) is 0 Å². The third kappa shape index (κ3) is 1.61. The van der Waals surface area contributed by atoms with Gasteiger partial charge in [-0.05, 0) is 61.0 Å². The van der Waals surface area contributed by atoms with Gasteiger partial charge in [0, 0.05) is 0 Å². The van der Waals surface area contributed by atoms with Crippen LogP contribution in [0.3, 0.4) is 0 Å². The van der Waals surface area contributed by atoms with Crippen molar-refractivity contribution in [3.63, 3.8) is 0 Å². The molecular formula is C13H18N4O2. The number of carboxylic acids is 1. The number of aliphatic carboxylic acids is 1. The molecule has 0 amide bonds. The fraction of sp³-hybridized carbons (Fsp3) is 0.846. The SMILES string of the molecule is O=C(O)CC12CC3CC(C1)CC(n1ncnn1)(C3)C2. The lowest BCUT2D eigenvalue weighted by atomic mass is 9.46. The Hall–Kier alpha value is -1.46. The van der Waals surface area contributed by atoms with E-state index in [0.717, 1.165) is 32.1 Å². The molecular weight excluding hydrogens is 244 g/mol. The zero-order valence-corrected chi connectivity index (χ0v) is 10.8. The number of carboxylic acid groups (broad SMARTS) is 1. The highest BCUT2D eigenvalue weighted by Gasteiger charge is 2.59.